The van der Waals surface area contributed by atoms with Gasteiger partial charge in [-0.2, -0.15) is 5.10 Å². The van der Waals surface area contributed by atoms with Gasteiger partial charge in [-0.3, -0.25) is 9.36 Å². The summed E-state index contributed by atoms with van der Waals surface area (Å²) >= 11 is 12.4. The zero-order valence-corrected chi connectivity index (χ0v) is 16.7. The predicted molar refractivity (Wildman–Crippen MR) is 114 cm³/mol. The average Bonchev–Trinajstić information content (AvgIpc) is 3.07. The molecule has 0 unspecified atom stereocenters. The third-order valence-corrected chi connectivity index (χ3v) is 5.62. The molecule has 3 heterocycles. The number of benzene rings is 2. The van der Waals surface area contributed by atoms with Crippen LogP contribution >= 0.6 is 23.2 Å². The quantitative estimate of drug-likeness (QED) is 0.413. The van der Waals surface area contributed by atoms with Crippen molar-refractivity contribution in [3.05, 3.63) is 86.9 Å². The van der Waals surface area contributed by atoms with E-state index in [0.29, 0.717) is 26.9 Å². The molecule has 142 valence electrons. The number of aryl methyl sites for hydroxylation is 1. The first-order valence-corrected chi connectivity index (χ1v) is 9.59. The third-order valence-electron chi connectivity index (χ3n) is 4.81. The molecule has 0 N–H and O–H groups in total. The summed E-state index contributed by atoms with van der Waals surface area (Å²) in [5.74, 6) is 0. The van der Waals surface area contributed by atoms with Crippen LogP contribution < -0.4 is 5.56 Å². The van der Waals surface area contributed by atoms with Crippen molar-refractivity contribution in [3.63, 3.8) is 0 Å². The Morgan fingerprint density at radius 2 is 1.72 bits per heavy atom. The Morgan fingerprint density at radius 1 is 0.931 bits per heavy atom. The van der Waals surface area contributed by atoms with Crippen LogP contribution in [0.3, 0.4) is 0 Å². The molecule has 0 aliphatic rings. The minimum Gasteiger partial charge on any atom is -0.281 e. The van der Waals surface area contributed by atoms with Gasteiger partial charge in [-0.05, 0) is 30.7 Å². The molecule has 0 amide bonds. The number of hydrogen-bond acceptors (Lipinski definition) is 4. The van der Waals surface area contributed by atoms with Crippen molar-refractivity contribution in [1.29, 1.82) is 0 Å². The van der Waals surface area contributed by atoms with Gasteiger partial charge in [0.2, 0.25) is 0 Å². The number of aromatic nitrogens is 5. The highest BCUT2D eigenvalue weighted by Crippen LogP contribution is 2.29. The van der Waals surface area contributed by atoms with Crippen molar-refractivity contribution >= 4 is 39.9 Å². The molecule has 8 heteroatoms. The highest BCUT2D eigenvalue weighted by Gasteiger charge is 2.18. The second-order valence-corrected chi connectivity index (χ2v) is 7.34. The molecule has 0 radical (unpaired) electrons. The topological polar surface area (TPSA) is 65.1 Å². The molecule has 0 bridgehead atoms. The average molecular weight is 422 g/mol. The lowest BCUT2D eigenvalue weighted by Crippen LogP contribution is -2.20. The molecule has 0 aliphatic heterocycles. The molecule has 0 saturated heterocycles. The van der Waals surface area contributed by atoms with Gasteiger partial charge in [-0.25, -0.2) is 4.52 Å². The van der Waals surface area contributed by atoms with Crippen LogP contribution in [-0.2, 0) is 0 Å². The molecule has 29 heavy (non-hydrogen) atoms. The SMILES string of the molecule is Cc1nn2c(nnc3c(=O)n(-c4cccc(Cl)c4Cl)ccc32)c1-c1ccccc1. The Morgan fingerprint density at radius 3 is 2.52 bits per heavy atom. The van der Waals surface area contributed by atoms with Crippen molar-refractivity contribution < 1.29 is 0 Å². The van der Waals surface area contributed by atoms with E-state index in [0.717, 1.165) is 16.8 Å². The Kier molecular flexibility index (Phi) is 4.12. The molecule has 0 spiro atoms. The van der Waals surface area contributed by atoms with Crippen LogP contribution in [0, 0.1) is 6.92 Å². The molecule has 6 nitrogen and oxygen atoms in total. The standard InChI is InChI=1S/C21H13Cl2N5O/c1-12-17(13-6-3-2-4-7-13)20-25-24-19-16(28(20)26-12)10-11-27(21(19)29)15-9-5-8-14(22)18(15)23/h2-11H,1H3. The maximum absolute atomic E-state index is 13.1. The van der Waals surface area contributed by atoms with Crippen LogP contribution in [-0.4, -0.2) is 24.4 Å². The van der Waals surface area contributed by atoms with Crippen molar-refractivity contribution in [2.45, 2.75) is 6.92 Å². The van der Waals surface area contributed by atoms with Crippen LogP contribution in [0.2, 0.25) is 10.0 Å². The van der Waals surface area contributed by atoms with E-state index < -0.39 is 0 Å². The second-order valence-electron chi connectivity index (χ2n) is 6.56. The molecule has 2 aromatic carbocycles. The summed E-state index contributed by atoms with van der Waals surface area (Å²) in [5.41, 5.74) is 4.18. The van der Waals surface area contributed by atoms with Crippen molar-refractivity contribution in [1.82, 2.24) is 24.4 Å². The van der Waals surface area contributed by atoms with Crippen LogP contribution in [0.5, 0.6) is 0 Å². The van der Waals surface area contributed by atoms with Gasteiger partial charge in [0.15, 0.2) is 11.2 Å². The number of hydrogen-bond donors (Lipinski definition) is 0. The number of nitrogens with zero attached hydrogens (tertiary/aromatic N) is 5. The van der Waals surface area contributed by atoms with E-state index in [9.17, 15) is 4.79 Å². The molecule has 5 rings (SSSR count). The predicted octanol–water partition coefficient (Wildman–Crippen LogP) is 4.71. The van der Waals surface area contributed by atoms with Crippen LogP contribution in [0.25, 0.3) is 33.5 Å². The van der Waals surface area contributed by atoms with E-state index in [4.69, 9.17) is 23.2 Å². The number of fused-ring (bicyclic) bond motifs is 3. The molecule has 5 aromatic rings. The molecule has 3 aromatic heterocycles. The van der Waals surface area contributed by atoms with E-state index in [2.05, 4.69) is 15.3 Å². The maximum atomic E-state index is 13.1. The van der Waals surface area contributed by atoms with Gasteiger partial charge in [0.05, 0.1) is 27.0 Å². The van der Waals surface area contributed by atoms with Crippen molar-refractivity contribution in [2.75, 3.05) is 0 Å². The van der Waals surface area contributed by atoms with Crippen LogP contribution in [0.4, 0.5) is 0 Å². The van der Waals surface area contributed by atoms with Gasteiger partial charge in [0.1, 0.15) is 5.52 Å². The van der Waals surface area contributed by atoms with E-state index >= 15 is 0 Å². The lowest BCUT2D eigenvalue weighted by molar-refractivity contribution is 0.905. The Bertz CT molecular complexity index is 1460. The van der Waals surface area contributed by atoms with Crippen molar-refractivity contribution in [3.8, 4) is 16.8 Å². The molecule has 0 aliphatic carbocycles. The molecular formula is C21H13Cl2N5O. The van der Waals surface area contributed by atoms with Crippen molar-refractivity contribution in [2.24, 2.45) is 0 Å². The minimum absolute atomic E-state index is 0.193. The van der Waals surface area contributed by atoms with Gasteiger partial charge in [0.25, 0.3) is 5.56 Å². The van der Waals surface area contributed by atoms with E-state index in [1.807, 2.05) is 37.3 Å². The Hall–Kier alpha value is -3.22. The Labute approximate surface area is 175 Å². The largest absolute Gasteiger partial charge is 0.285 e. The first-order valence-electron chi connectivity index (χ1n) is 8.83. The molecule has 0 fully saturated rings. The van der Waals surface area contributed by atoms with Crippen LogP contribution in [0.1, 0.15) is 5.69 Å². The summed E-state index contributed by atoms with van der Waals surface area (Å²) in [7, 11) is 0. The number of rotatable bonds is 2. The van der Waals surface area contributed by atoms with E-state index in [1.54, 1.807) is 35.0 Å². The first-order chi connectivity index (χ1) is 14.1. The molecule has 0 atom stereocenters. The van der Waals surface area contributed by atoms with E-state index in [-0.39, 0.29) is 11.1 Å². The highest BCUT2D eigenvalue weighted by molar-refractivity contribution is 6.43. The summed E-state index contributed by atoms with van der Waals surface area (Å²) in [5, 5.41) is 13.8. The summed E-state index contributed by atoms with van der Waals surface area (Å²) in [6.07, 6.45) is 1.64. The Balaban J connectivity index is 1.79. The van der Waals surface area contributed by atoms with Gasteiger partial charge < -0.3 is 0 Å². The van der Waals surface area contributed by atoms with Gasteiger partial charge >= 0.3 is 0 Å². The van der Waals surface area contributed by atoms with Crippen LogP contribution in [0.15, 0.2) is 65.6 Å². The zero-order chi connectivity index (χ0) is 20.1. The number of halogens is 2. The second kappa shape index (κ2) is 6.69. The molecule has 0 saturated carbocycles. The summed E-state index contributed by atoms with van der Waals surface area (Å²) in [4.78, 5) is 13.1. The lowest BCUT2D eigenvalue weighted by Gasteiger charge is -2.10. The minimum atomic E-state index is -0.351. The zero-order valence-electron chi connectivity index (χ0n) is 15.2. The van der Waals surface area contributed by atoms with Gasteiger partial charge in [-0.1, -0.05) is 59.6 Å². The highest BCUT2D eigenvalue weighted by atomic mass is 35.5. The summed E-state index contributed by atoms with van der Waals surface area (Å²) in [6.45, 7) is 1.91. The summed E-state index contributed by atoms with van der Waals surface area (Å²) in [6, 6.07) is 16.8. The van der Waals surface area contributed by atoms with Gasteiger partial charge in [0, 0.05) is 6.20 Å². The van der Waals surface area contributed by atoms with E-state index in [1.165, 1.54) is 4.57 Å². The monoisotopic (exact) mass is 421 g/mol. The maximum Gasteiger partial charge on any atom is 0.285 e. The van der Waals surface area contributed by atoms with Gasteiger partial charge in [-0.15, -0.1) is 10.2 Å². The fourth-order valence-corrected chi connectivity index (χ4v) is 3.85. The first kappa shape index (κ1) is 17.8. The fourth-order valence-electron chi connectivity index (χ4n) is 3.46. The molecular weight excluding hydrogens is 409 g/mol. The lowest BCUT2D eigenvalue weighted by atomic mass is 10.1. The smallest absolute Gasteiger partial charge is 0.281 e. The third kappa shape index (κ3) is 2.72. The summed E-state index contributed by atoms with van der Waals surface area (Å²) < 4.78 is 3.07. The number of pyridine rings is 1. The fraction of sp³-hybridized carbons (Fsp3) is 0.0476. The normalized spacial score (nSPS) is 11.4.